The van der Waals surface area contributed by atoms with E-state index in [-0.39, 0.29) is 18.7 Å². The first-order chi connectivity index (χ1) is 10.0. The van der Waals surface area contributed by atoms with Gasteiger partial charge in [-0.2, -0.15) is 0 Å². The van der Waals surface area contributed by atoms with Gasteiger partial charge < -0.3 is 16.2 Å². The molecule has 2 aromatic carbocycles. The number of rotatable bonds is 4. The minimum absolute atomic E-state index is 0.122. The molecule has 0 bridgehead atoms. The smallest absolute Gasteiger partial charge is 0.258 e. The molecule has 0 aromatic heterocycles. The number of amides is 1. The van der Waals surface area contributed by atoms with Crippen LogP contribution in [-0.2, 0) is 13.1 Å². The normalized spacial score (nSPS) is 10.4. The van der Waals surface area contributed by atoms with E-state index < -0.39 is 28.9 Å². The van der Waals surface area contributed by atoms with Crippen LogP contribution < -0.4 is 11.1 Å². The summed E-state index contributed by atoms with van der Waals surface area (Å²) in [6, 6.07) is 7.97. The van der Waals surface area contributed by atoms with Crippen LogP contribution in [0.25, 0.3) is 0 Å². The Morgan fingerprint density at radius 3 is 2.57 bits per heavy atom. The Morgan fingerprint density at radius 1 is 1.19 bits per heavy atom. The van der Waals surface area contributed by atoms with E-state index in [0.717, 1.165) is 6.07 Å². The SMILES string of the molecule is NCc1ccc(CNC(=O)c2c(O)cccc2F)c(F)c1. The number of hydrogen-bond donors (Lipinski definition) is 3. The number of nitrogens with two attached hydrogens (primary N) is 1. The summed E-state index contributed by atoms with van der Waals surface area (Å²) in [4.78, 5) is 11.8. The Balaban J connectivity index is 2.11. The van der Waals surface area contributed by atoms with Gasteiger partial charge in [-0.25, -0.2) is 8.78 Å². The zero-order valence-electron chi connectivity index (χ0n) is 11.1. The Kier molecular flexibility index (Phi) is 4.49. The highest BCUT2D eigenvalue weighted by Gasteiger charge is 2.16. The van der Waals surface area contributed by atoms with Gasteiger partial charge in [0.05, 0.1) is 0 Å². The maximum atomic E-state index is 13.7. The summed E-state index contributed by atoms with van der Waals surface area (Å²) in [5.41, 5.74) is 5.81. The number of halogens is 2. The lowest BCUT2D eigenvalue weighted by molar-refractivity contribution is 0.0943. The summed E-state index contributed by atoms with van der Waals surface area (Å²) < 4.78 is 27.2. The van der Waals surface area contributed by atoms with Crippen LogP contribution in [0.2, 0.25) is 0 Å². The van der Waals surface area contributed by atoms with E-state index in [1.54, 1.807) is 6.07 Å². The molecule has 0 saturated heterocycles. The molecule has 4 N–H and O–H groups in total. The Morgan fingerprint density at radius 2 is 1.95 bits per heavy atom. The van der Waals surface area contributed by atoms with Gasteiger partial charge in [-0.05, 0) is 23.8 Å². The third-order valence-corrected chi connectivity index (χ3v) is 3.01. The lowest BCUT2D eigenvalue weighted by Gasteiger charge is -2.09. The predicted octanol–water partition coefficient (Wildman–Crippen LogP) is 2.06. The van der Waals surface area contributed by atoms with Crippen LogP contribution in [0.15, 0.2) is 36.4 Å². The molecule has 2 aromatic rings. The zero-order chi connectivity index (χ0) is 15.4. The molecule has 110 valence electrons. The van der Waals surface area contributed by atoms with Crippen LogP contribution in [0.1, 0.15) is 21.5 Å². The van der Waals surface area contributed by atoms with Crippen molar-refractivity contribution in [2.24, 2.45) is 5.73 Å². The van der Waals surface area contributed by atoms with Gasteiger partial charge in [0.2, 0.25) is 0 Å². The van der Waals surface area contributed by atoms with Gasteiger partial charge in [-0.1, -0.05) is 18.2 Å². The monoisotopic (exact) mass is 292 g/mol. The van der Waals surface area contributed by atoms with E-state index in [0.29, 0.717) is 5.56 Å². The van der Waals surface area contributed by atoms with Gasteiger partial charge >= 0.3 is 0 Å². The number of carbonyl (C=O) groups is 1. The van der Waals surface area contributed by atoms with Crippen molar-refractivity contribution >= 4 is 5.91 Å². The fourth-order valence-electron chi connectivity index (χ4n) is 1.86. The van der Waals surface area contributed by atoms with E-state index in [2.05, 4.69) is 5.32 Å². The van der Waals surface area contributed by atoms with Gasteiger partial charge in [0.15, 0.2) is 0 Å². The first-order valence-electron chi connectivity index (χ1n) is 6.26. The molecule has 0 aliphatic rings. The van der Waals surface area contributed by atoms with Crippen molar-refractivity contribution in [2.45, 2.75) is 13.1 Å². The van der Waals surface area contributed by atoms with Crippen molar-refractivity contribution in [3.8, 4) is 5.75 Å². The molecule has 0 aliphatic carbocycles. The zero-order valence-corrected chi connectivity index (χ0v) is 11.1. The molecule has 0 aliphatic heterocycles. The molecule has 0 unspecified atom stereocenters. The number of hydrogen-bond acceptors (Lipinski definition) is 3. The Bertz CT molecular complexity index is 654. The van der Waals surface area contributed by atoms with Gasteiger partial charge in [0, 0.05) is 18.7 Å². The highest BCUT2D eigenvalue weighted by atomic mass is 19.1. The summed E-state index contributed by atoms with van der Waals surface area (Å²) in [7, 11) is 0. The van der Waals surface area contributed by atoms with Crippen LogP contribution in [-0.4, -0.2) is 11.0 Å². The second kappa shape index (κ2) is 6.32. The fraction of sp³-hybridized carbons (Fsp3) is 0.133. The van der Waals surface area contributed by atoms with Crippen molar-refractivity contribution in [1.29, 1.82) is 0 Å². The second-order valence-corrected chi connectivity index (χ2v) is 4.45. The molecular weight excluding hydrogens is 278 g/mol. The molecule has 0 radical (unpaired) electrons. The molecular formula is C15H14F2N2O2. The minimum atomic E-state index is -0.841. The van der Waals surface area contributed by atoms with Crippen molar-refractivity contribution in [3.63, 3.8) is 0 Å². The van der Waals surface area contributed by atoms with Crippen molar-refractivity contribution in [2.75, 3.05) is 0 Å². The van der Waals surface area contributed by atoms with Gasteiger partial charge in [-0.3, -0.25) is 4.79 Å². The van der Waals surface area contributed by atoms with Crippen molar-refractivity contribution in [3.05, 3.63) is 64.7 Å². The molecule has 0 atom stereocenters. The van der Waals surface area contributed by atoms with Crippen LogP contribution >= 0.6 is 0 Å². The van der Waals surface area contributed by atoms with E-state index in [1.165, 1.54) is 24.3 Å². The number of phenolic OH excluding ortho intramolecular Hbond substituents is 1. The first-order valence-corrected chi connectivity index (χ1v) is 6.26. The van der Waals surface area contributed by atoms with E-state index >= 15 is 0 Å². The standard InChI is InChI=1S/C15H14F2N2O2/c16-11-2-1-3-13(20)14(11)15(21)19-8-10-5-4-9(7-18)6-12(10)17/h1-6,20H,7-8,18H2,(H,19,21). The highest BCUT2D eigenvalue weighted by molar-refractivity contribution is 5.97. The van der Waals surface area contributed by atoms with E-state index in [4.69, 9.17) is 5.73 Å². The summed E-state index contributed by atoms with van der Waals surface area (Å²) in [6.45, 7) is 0.0932. The number of nitrogens with one attached hydrogen (secondary N) is 1. The maximum absolute atomic E-state index is 13.7. The summed E-state index contributed by atoms with van der Waals surface area (Å²) >= 11 is 0. The summed E-state index contributed by atoms with van der Waals surface area (Å²) in [5.74, 6) is -2.62. The largest absolute Gasteiger partial charge is 0.507 e. The minimum Gasteiger partial charge on any atom is -0.507 e. The van der Waals surface area contributed by atoms with Crippen molar-refractivity contribution in [1.82, 2.24) is 5.32 Å². The lowest BCUT2D eigenvalue weighted by atomic mass is 10.1. The second-order valence-electron chi connectivity index (χ2n) is 4.45. The molecule has 0 heterocycles. The van der Waals surface area contributed by atoms with Gasteiger partial charge in [-0.15, -0.1) is 0 Å². The predicted molar refractivity (Wildman–Crippen MR) is 73.5 cm³/mol. The quantitative estimate of drug-likeness (QED) is 0.807. The summed E-state index contributed by atoms with van der Waals surface area (Å²) in [6.07, 6.45) is 0. The molecule has 1 amide bonds. The summed E-state index contributed by atoms with van der Waals surface area (Å²) in [5, 5.41) is 11.9. The number of phenols is 1. The van der Waals surface area contributed by atoms with Crippen LogP contribution in [0.3, 0.4) is 0 Å². The molecule has 0 saturated carbocycles. The molecule has 6 heteroatoms. The van der Waals surface area contributed by atoms with Gasteiger partial charge in [0.25, 0.3) is 5.91 Å². The van der Waals surface area contributed by atoms with E-state index in [9.17, 15) is 18.7 Å². The Labute approximate surface area is 120 Å². The molecule has 2 rings (SSSR count). The number of aromatic hydroxyl groups is 1. The average molecular weight is 292 g/mol. The average Bonchev–Trinajstić information content (AvgIpc) is 2.45. The van der Waals surface area contributed by atoms with Crippen LogP contribution in [0.4, 0.5) is 8.78 Å². The molecule has 0 spiro atoms. The van der Waals surface area contributed by atoms with E-state index in [1.807, 2.05) is 0 Å². The maximum Gasteiger partial charge on any atom is 0.258 e. The Hall–Kier alpha value is -2.47. The third kappa shape index (κ3) is 3.35. The first kappa shape index (κ1) is 14.9. The number of carbonyl (C=O) groups excluding carboxylic acids is 1. The van der Waals surface area contributed by atoms with Crippen molar-refractivity contribution < 1.29 is 18.7 Å². The fourth-order valence-corrected chi connectivity index (χ4v) is 1.86. The third-order valence-electron chi connectivity index (χ3n) is 3.01. The van der Waals surface area contributed by atoms with Gasteiger partial charge in [0.1, 0.15) is 22.9 Å². The van der Waals surface area contributed by atoms with Crippen LogP contribution in [0.5, 0.6) is 5.75 Å². The lowest BCUT2D eigenvalue weighted by Crippen LogP contribution is -2.24. The number of benzene rings is 2. The molecule has 21 heavy (non-hydrogen) atoms. The topological polar surface area (TPSA) is 75.3 Å². The van der Waals surface area contributed by atoms with Crippen LogP contribution in [0, 0.1) is 11.6 Å². The highest BCUT2D eigenvalue weighted by Crippen LogP contribution is 2.19. The molecule has 0 fully saturated rings. The molecule has 4 nitrogen and oxygen atoms in total.